The molecule has 2 aromatic rings. The Labute approximate surface area is 126 Å². The minimum absolute atomic E-state index is 0.334. The van der Waals surface area contributed by atoms with Crippen molar-refractivity contribution in [3.05, 3.63) is 18.5 Å². The number of nitrogens with zero attached hydrogens (tertiary/aromatic N) is 3. The topological polar surface area (TPSA) is 54.8 Å². The summed E-state index contributed by atoms with van der Waals surface area (Å²) in [7, 11) is 0. The lowest BCUT2D eigenvalue weighted by molar-refractivity contribution is 0.523. The first-order chi connectivity index (χ1) is 10.1. The third-order valence-electron chi connectivity index (χ3n) is 4.14. The summed E-state index contributed by atoms with van der Waals surface area (Å²) in [6, 6.07) is 3.58. The highest BCUT2D eigenvalue weighted by molar-refractivity contribution is 5.78. The van der Waals surface area contributed by atoms with Crippen molar-refractivity contribution in [2.24, 2.45) is 0 Å². The van der Waals surface area contributed by atoms with Gasteiger partial charge >= 0.3 is 0 Å². The predicted octanol–water partition coefficient (Wildman–Crippen LogP) is 2.95. The van der Waals surface area contributed by atoms with Crippen molar-refractivity contribution < 1.29 is 0 Å². The first kappa shape index (κ1) is 14.3. The lowest BCUT2D eigenvalue weighted by atomic mass is 10.1. The number of hydrogen-bond donors (Lipinski definition) is 2. The summed E-state index contributed by atoms with van der Waals surface area (Å²) in [5.74, 6) is 0. The Kier molecular flexibility index (Phi) is 4.10. The summed E-state index contributed by atoms with van der Waals surface area (Å²) in [4.78, 5) is 4.57. The van der Waals surface area contributed by atoms with Crippen LogP contribution in [0.15, 0.2) is 18.5 Å². The Morgan fingerprint density at radius 2 is 2.24 bits per heavy atom. The highest BCUT2D eigenvalue weighted by Crippen LogP contribution is 2.20. The van der Waals surface area contributed by atoms with Crippen LogP contribution in [0.1, 0.15) is 46.1 Å². The van der Waals surface area contributed by atoms with Crippen LogP contribution in [0.2, 0.25) is 0 Å². The van der Waals surface area contributed by atoms with Gasteiger partial charge in [0.1, 0.15) is 0 Å². The smallest absolute Gasteiger partial charge is 0.158 e. The monoisotopic (exact) mass is 287 g/mol. The fourth-order valence-electron chi connectivity index (χ4n) is 3.13. The van der Waals surface area contributed by atoms with Crippen LogP contribution in [0, 0.1) is 0 Å². The molecular formula is C16H25N5. The SMILES string of the molecule is CC(CC1CCCN1)Nc1cnc2c(cnn2C(C)C)c1. The fraction of sp³-hybridized carbons (Fsp3) is 0.625. The number of aromatic nitrogens is 3. The van der Waals surface area contributed by atoms with Gasteiger partial charge in [0.25, 0.3) is 0 Å². The molecule has 0 aliphatic carbocycles. The average Bonchev–Trinajstić information content (AvgIpc) is 3.06. The van der Waals surface area contributed by atoms with Crippen LogP contribution in [-0.2, 0) is 0 Å². The van der Waals surface area contributed by atoms with E-state index in [1.807, 2.05) is 17.1 Å². The first-order valence-electron chi connectivity index (χ1n) is 7.96. The zero-order valence-corrected chi connectivity index (χ0v) is 13.1. The standard InChI is InChI=1S/C16H25N5/c1-11(2)21-16-13(9-19-21)8-15(10-18-16)20-12(3)7-14-5-4-6-17-14/h8-12,14,17,20H,4-7H2,1-3H3. The molecule has 3 heterocycles. The van der Waals surface area contributed by atoms with E-state index in [9.17, 15) is 0 Å². The number of fused-ring (bicyclic) bond motifs is 1. The number of pyridine rings is 1. The van der Waals surface area contributed by atoms with E-state index < -0.39 is 0 Å². The van der Waals surface area contributed by atoms with Gasteiger partial charge in [-0.25, -0.2) is 9.67 Å². The van der Waals surface area contributed by atoms with Crippen LogP contribution >= 0.6 is 0 Å². The molecule has 0 radical (unpaired) electrons. The summed E-state index contributed by atoms with van der Waals surface area (Å²) in [6.45, 7) is 7.65. The highest BCUT2D eigenvalue weighted by atomic mass is 15.3. The molecule has 114 valence electrons. The zero-order chi connectivity index (χ0) is 14.8. The summed E-state index contributed by atoms with van der Waals surface area (Å²) < 4.78 is 1.96. The van der Waals surface area contributed by atoms with Gasteiger partial charge in [-0.3, -0.25) is 0 Å². The van der Waals surface area contributed by atoms with Gasteiger partial charge in [0.2, 0.25) is 0 Å². The molecule has 1 fully saturated rings. The Bertz CT molecular complexity index is 598. The number of rotatable bonds is 5. The van der Waals surface area contributed by atoms with E-state index in [2.05, 4.69) is 47.6 Å². The second-order valence-electron chi connectivity index (χ2n) is 6.39. The summed E-state index contributed by atoms with van der Waals surface area (Å²) >= 11 is 0. The molecule has 0 saturated carbocycles. The zero-order valence-electron chi connectivity index (χ0n) is 13.1. The molecule has 3 rings (SSSR count). The van der Waals surface area contributed by atoms with Crippen LogP contribution in [-0.4, -0.2) is 33.4 Å². The normalized spacial score (nSPS) is 20.3. The van der Waals surface area contributed by atoms with E-state index in [0.717, 1.165) is 23.1 Å². The molecular weight excluding hydrogens is 262 g/mol. The van der Waals surface area contributed by atoms with E-state index >= 15 is 0 Å². The maximum absolute atomic E-state index is 4.57. The van der Waals surface area contributed by atoms with Crippen LogP contribution in [0.5, 0.6) is 0 Å². The van der Waals surface area contributed by atoms with Crippen molar-refractivity contribution in [1.82, 2.24) is 20.1 Å². The Morgan fingerprint density at radius 3 is 2.95 bits per heavy atom. The maximum atomic E-state index is 4.57. The van der Waals surface area contributed by atoms with Crippen LogP contribution in [0.25, 0.3) is 11.0 Å². The van der Waals surface area contributed by atoms with Gasteiger partial charge in [-0.1, -0.05) is 0 Å². The molecule has 0 spiro atoms. The largest absolute Gasteiger partial charge is 0.381 e. The van der Waals surface area contributed by atoms with Gasteiger partial charge in [0.05, 0.1) is 18.1 Å². The molecule has 0 amide bonds. The van der Waals surface area contributed by atoms with Gasteiger partial charge in [-0.05, 0) is 52.6 Å². The van der Waals surface area contributed by atoms with Gasteiger partial charge < -0.3 is 10.6 Å². The molecule has 1 saturated heterocycles. The van der Waals surface area contributed by atoms with E-state index in [1.54, 1.807) is 0 Å². The molecule has 21 heavy (non-hydrogen) atoms. The van der Waals surface area contributed by atoms with E-state index in [4.69, 9.17) is 0 Å². The van der Waals surface area contributed by atoms with Crippen molar-refractivity contribution in [1.29, 1.82) is 0 Å². The van der Waals surface area contributed by atoms with Crippen molar-refractivity contribution >= 4 is 16.7 Å². The van der Waals surface area contributed by atoms with E-state index in [1.165, 1.54) is 19.4 Å². The van der Waals surface area contributed by atoms with Crippen molar-refractivity contribution in [2.45, 2.75) is 58.2 Å². The predicted molar refractivity (Wildman–Crippen MR) is 86.6 cm³/mol. The Balaban J connectivity index is 1.69. The van der Waals surface area contributed by atoms with Crippen LogP contribution in [0.3, 0.4) is 0 Å². The summed E-state index contributed by atoms with van der Waals surface area (Å²) in [5, 5.41) is 12.6. The van der Waals surface area contributed by atoms with E-state index in [-0.39, 0.29) is 0 Å². The molecule has 0 aromatic carbocycles. The highest BCUT2D eigenvalue weighted by Gasteiger charge is 2.17. The molecule has 2 aromatic heterocycles. The van der Waals surface area contributed by atoms with Crippen molar-refractivity contribution in [2.75, 3.05) is 11.9 Å². The lowest BCUT2D eigenvalue weighted by Crippen LogP contribution is -2.29. The van der Waals surface area contributed by atoms with Crippen LogP contribution in [0.4, 0.5) is 5.69 Å². The molecule has 5 nitrogen and oxygen atoms in total. The lowest BCUT2D eigenvalue weighted by Gasteiger charge is -2.19. The Hall–Kier alpha value is -1.62. The summed E-state index contributed by atoms with van der Waals surface area (Å²) in [5.41, 5.74) is 2.04. The van der Waals surface area contributed by atoms with Gasteiger partial charge in [0.15, 0.2) is 5.65 Å². The molecule has 2 N–H and O–H groups in total. The Morgan fingerprint density at radius 1 is 1.38 bits per heavy atom. The molecule has 1 aliphatic heterocycles. The van der Waals surface area contributed by atoms with E-state index in [0.29, 0.717) is 18.1 Å². The van der Waals surface area contributed by atoms with Gasteiger partial charge in [-0.2, -0.15) is 5.10 Å². The number of hydrogen-bond acceptors (Lipinski definition) is 4. The molecule has 0 bridgehead atoms. The van der Waals surface area contributed by atoms with Gasteiger partial charge in [0, 0.05) is 23.5 Å². The number of nitrogens with one attached hydrogen (secondary N) is 2. The summed E-state index contributed by atoms with van der Waals surface area (Å²) in [6.07, 6.45) is 7.57. The second-order valence-corrected chi connectivity index (χ2v) is 6.39. The van der Waals surface area contributed by atoms with Crippen molar-refractivity contribution in [3.63, 3.8) is 0 Å². The molecule has 5 heteroatoms. The maximum Gasteiger partial charge on any atom is 0.158 e. The third-order valence-corrected chi connectivity index (χ3v) is 4.14. The molecule has 2 unspecified atom stereocenters. The first-order valence-corrected chi connectivity index (χ1v) is 7.96. The average molecular weight is 287 g/mol. The molecule has 1 aliphatic rings. The van der Waals surface area contributed by atoms with Crippen molar-refractivity contribution in [3.8, 4) is 0 Å². The third kappa shape index (κ3) is 3.18. The minimum atomic E-state index is 0.334. The minimum Gasteiger partial charge on any atom is -0.381 e. The van der Waals surface area contributed by atoms with Crippen LogP contribution < -0.4 is 10.6 Å². The molecule has 2 atom stereocenters. The number of anilines is 1. The fourth-order valence-corrected chi connectivity index (χ4v) is 3.13. The second kappa shape index (κ2) is 6.02. The van der Waals surface area contributed by atoms with Gasteiger partial charge in [-0.15, -0.1) is 0 Å². The quantitative estimate of drug-likeness (QED) is 0.887.